The summed E-state index contributed by atoms with van der Waals surface area (Å²) in [7, 11) is 3.96. The molecule has 3 aromatic carbocycles. The van der Waals surface area contributed by atoms with Crippen LogP contribution in [0.25, 0.3) is 0 Å². The number of amides is 2. The Bertz CT molecular complexity index is 1360. The Labute approximate surface area is 238 Å². The molecule has 0 bridgehead atoms. The standard InChI is InChI=1S/C34H38N4O2/c1-36(2)32-10-6-9-29(25-32)33(39)35-30-17-21-37(22-18-30)31-19-23-38(24-20-31)34(40)28-15-13-27(14-16-28)12-11-26-7-4-3-5-8-26/h3-10,13-16,25,30-31H,17-24H2,1-2H3,(H,35,39). The van der Waals surface area contributed by atoms with Gasteiger partial charge in [-0.05, 0) is 80.3 Å². The summed E-state index contributed by atoms with van der Waals surface area (Å²) in [5.74, 6) is 6.44. The fourth-order valence-corrected chi connectivity index (χ4v) is 5.58. The fraction of sp³-hybridized carbons (Fsp3) is 0.353. The Morgan fingerprint density at radius 2 is 1.40 bits per heavy atom. The molecule has 0 saturated carbocycles. The SMILES string of the molecule is CN(C)c1cccc(C(=O)NC2CCN(C3CCN(C(=O)c4ccc(C#Cc5ccccc5)cc4)CC3)CC2)c1. The van der Waals surface area contributed by atoms with E-state index in [4.69, 9.17) is 0 Å². The van der Waals surface area contributed by atoms with E-state index in [1.54, 1.807) is 0 Å². The fourth-order valence-electron chi connectivity index (χ4n) is 5.58. The van der Waals surface area contributed by atoms with Gasteiger partial charge in [0, 0.05) is 80.3 Å². The third kappa shape index (κ3) is 6.91. The first-order valence-electron chi connectivity index (χ1n) is 14.2. The largest absolute Gasteiger partial charge is 0.378 e. The van der Waals surface area contributed by atoms with Crippen molar-refractivity contribution in [1.82, 2.24) is 15.1 Å². The van der Waals surface area contributed by atoms with Crippen molar-refractivity contribution in [3.63, 3.8) is 0 Å². The highest BCUT2D eigenvalue weighted by Gasteiger charge is 2.30. The summed E-state index contributed by atoms with van der Waals surface area (Å²) in [6.45, 7) is 3.51. The molecule has 0 atom stereocenters. The van der Waals surface area contributed by atoms with E-state index in [0.29, 0.717) is 11.6 Å². The molecule has 0 aliphatic carbocycles. The van der Waals surface area contributed by atoms with Crippen LogP contribution in [-0.2, 0) is 0 Å². The van der Waals surface area contributed by atoms with E-state index in [0.717, 1.165) is 74.2 Å². The lowest BCUT2D eigenvalue weighted by Gasteiger charge is -2.42. The maximum Gasteiger partial charge on any atom is 0.253 e. The molecular formula is C34H38N4O2. The zero-order valence-corrected chi connectivity index (χ0v) is 23.5. The second kappa shape index (κ2) is 12.8. The highest BCUT2D eigenvalue weighted by Crippen LogP contribution is 2.23. The lowest BCUT2D eigenvalue weighted by Crippen LogP contribution is -2.51. The molecule has 2 fully saturated rings. The first-order valence-corrected chi connectivity index (χ1v) is 14.2. The van der Waals surface area contributed by atoms with Gasteiger partial charge in [-0.3, -0.25) is 9.59 Å². The molecule has 2 heterocycles. The van der Waals surface area contributed by atoms with Crippen molar-refractivity contribution >= 4 is 17.5 Å². The molecule has 3 aromatic rings. The molecule has 6 nitrogen and oxygen atoms in total. The minimum Gasteiger partial charge on any atom is -0.378 e. The van der Waals surface area contributed by atoms with E-state index < -0.39 is 0 Å². The average molecular weight is 535 g/mol. The second-order valence-electron chi connectivity index (χ2n) is 10.9. The van der Waals surface area contributed by atoms with Gasteiger partial charge in [0.05, 0.1) is 0 Å². The van der Waals surface area contributed by atoms with Gasteiger partial charge in [0.15, 0.2) is 0 Å². The molecule has 1 N–H and O–H groups in total. The highest BCUT2D eigenvalue weighted by molar-refractivity contribution is 5.95. The van der Waals surface area contributed by atoms with Gasteiger partial charge < -0.3 is 20.0 Å². The van der Waals surface area contributed by atoms with Gasteiger partial charge >= 0.3 is 0 Å². The molecule has 5 rings (SSSR count). The zero-order chi connectivity index (χ0) is 27.9. The zero-order valence-electron chi connectivity index (χ0n) is 23.5. The van der Waals surface area contributed by atoms with Gasteiger partial charge in [-0.25, -0.2) is 0 Å². The minimum atomic E-state index is 0.00485. The van der Waals surface area contributed by atoms with Crippen molar-refractivity contribution in [3.8, 4) is 11.8 Å². The number of nitrogens with zero attached hydrogens (tertiary/aromatic N) is 3. The maximum absolute atomic E-state index is 13.1. The summed E-state index contributed by atoms with van der Waals surface area (Å²) in [6.07, 6.45) is 3.89. The van der Waals surface area contributed by atoms with E-state index in [1.165, 1.54) is 0 Å². The predicted octanol–water partition coefficient (Wildman–Crippen LogP) is 4.65. The van der Waals surface area contributed by atoms with E-state index in [9.17, 15) is 9.59 Å². The molecule has 2 amide bonds. The Morgan fingerprint density at radius 1 is 0.750 bits per heavy atom. The molecule has 6 heteroatoms. The van der Waals surface area contributed by atoms with Crippen molar-refractivity contribution in [3.05, 3.63) is 101 Å². The molecular weight excluding hydrogens is 496 g/mol. The molecule has 2 aliphatic rings. The van der Waals surface area contributed by atoms with Gasteiger partial charge in [-0.2, -0.15) is 0 Å². The molecule has 206 valence electrons. The lowest BCUT2D eigenvalue weighted by molar-refractivity contribution is 0.0566. The number of benzene rings is 3. The van der Waals surface area contributed by atoms with Crippen LogP contribution in [0.4, 0.5) is 5.69 Å². The second-order valence-corrected chi connectivity index (χ2v) is 10.9. The number of nitrogens with one attached hydrogen (secondary N) is 1. The monoisotopic (exact) mass is 534 g/mol. The van der Waals surface area contributed by atoms with Gasteiger partial charge in [0.1, 0.15) is 0 Å². The van der Waals surface area contributed by atoms with E-state index in [2.05, 4.69) is 22.1 Å². The van der Waals surface area contributed by atoms with Crippen LogP contribution >= 0.6 is 0 Å². The number of carbonyl (C=O) groups excluding carboxylic acids is 2. The summed E-state index contributed by atoms with van der Waals surface area (Å²) in [5.41, 5.74) is 4.33. The van der Waals surface area contributed by atoms with Crippen LogP contribution in [0, 0.1) is 11.8 Å². The number of piperidine rings is 2. The summed E-state index contributed by atoms with van der Waals surface area (Å²) in [4.78, 5) is 32.5. The van der Waals surface area contributed by atoms with E-state index in [-0.39, 0.29) is 17.9 Å². The molecule has 2 aliphatic heterocycles. The number of anilines is 1. The summed E-state index contributed by atoms with van der Waals surface area (Å²) >= 11 is 0. The van der Waals surface area contributed by atoms with Crippen LogP contribution < -0.4 is 10.2 Å². The van der Waals surface area contributed by atoms with Gasteiger partial charge in [0.25, 0.3) is 11.8 Å². The number of hydrogen-bond acceptors (Lipinski definition) is 4. The topological polar surface area (TPSA) is 55.9 Å². The Hall–Kier alpha value is -4.08. The van der Waals surface area contributed by atoms with Crippen LogP contribution in [0.2, 0.25) is 0 Å². The van der Waals surface area contributed by atoms with Crippen molar-refractivity contribution in [2.45, 2.75) is 37.8 Å². The number of likely N-dealkylation sites (tertiary alicyclic amines) is 2. The highest BCUT2D eigenvalue weighted by atomic mass is 16.2. The summed E-state index contributed by atoms with van der Waals surface area (Å²) < 4.78 is 0. The van der Waals surface area contributed by atoms with Crippen molar-refractivity contribution in [2.24, 2.45) is 0 Å². The summed E-state index contributed by atoms with van der Waals surface area (Å²) in [5, 5.41) is 3.24. The van der Waals surface area contributed by atoms with Gasteiger partial charge in [-0.15, -0.1) is 0 Å². The van der Waals surface area contributed by atoms with Crippen LogP contribution in [0.5, 0.6) is 0 Å². The third-order valence-electron chi connectivity index (χ3n) is 8.01. The van der Waals surface area contributed by atoms with Crippen molar-refractivity contribution < 1.29 is 9.59 Å². The number of rotatable bonds is 5. The first-order chi connectivity index (χ1) is 19.5. The lowest BCUT2D eigenvalue weighted by atomic mass is 9.97. The Kier molecular flexibility index (Phi) is 8.83. The normalized spacial score (nSPS) is 16.6. The van der Waals surface area contributed by atoms with E-state index in [1.807, 2.05) is 103 Å². The van der Waals surface area contributed by atoms with Crippen molar-refractivity contribution in [2.75, 3.05) is 45.2 Å². The predicted molar refractivity (Wildman–Crippen MR) is 161 cm³/mol. The smallest absolute Gasteiger partial charge is 0.253 e. The molecule has 40 heavy (non-hydrogen) atoms. The quantitative estimate of drug-likeness (QED) is 0.484. The molecule has 0 aromatic heterocycles. The van der Waals surface area contributed by atoms with Gasteiger partial charge in [-0.1, -0.05) is 36.1 Å². The third-order valence-corrected chi connectivity index (χ3v) is 8.01. The molecule has 0 radical (unpaired) electrons. The first kappa shape index (κ1) is 27.5. The van der Waals surface area contributed by atoms with Crippen LogP contribution in [0.15, 0.2) is 78.9 Å². The Morgan fingerprint density at radius 3 is 2.05 bits per heavy atom. The number of carbonyl (C=O) groups is 2. The molecule has 0 spiro atoms. The van der Waals surface area contributed by atoms with Crippen LogP contribution in [0.1, 0.15) is 57.5 Å². The summed E-state index contributed by atoms with van der Waals surface area (Å²) in [6, 6.07) is 26.0. The number of hydrogen-bond donors (Lipinski definition) is 1. The Balaban J connectivity index is 1.06. The molecule has 0 unspecified atom stereocenters. The van der Waals surface area contributed by atoms with Gasteiger partial charge in [0.2, 0.25) is 0 Å². The maximum atomic E-state index is 13.1. The van der Waals surface area contributed by atoms with E-state index >= 15 is 0 Å². The minimum absolute atomic E-state index is 0.00485. The molecule has 2 saturated heterocycles. The van der Waals surface area contributed by atoms with Crippen LogP contribution in [-0.4, -0.2) is 74.0 Å². The van der Waals surface area contributed by atoms with Crippen molar-refractivity contribution in [1.29, 1.82) is 0 Å². The van der Waals surface area contributed by atoms with Crippen LogP contribution in [0.3, 0.4) is 0 Å². The average Bonchev–Trinajstić information content (AvgIpc) is 3.01.